The van der Waals surface area contributed by atoms with E-state index in [4.69, 9.17) is 35.8 Å². The number of hydrogen-bond acceptors (Lipinski definition) is 13. The summed E-state index contributed by atoms with van der Waals surface area (Å²) in [6.45, 7) is 7.20. The van der Waals surface area contributed by atoms with Gasteiger partial charge in [0.15, 0.2) is 5.60 Å². The molecule has 0 bridgehead atoms. The molecule has 4 atom stereocenters. The van der Waals surface area contributed by atoms with Crippen LogP contribution in [0, 0.1) is 18.7 Å². The molecule has 21 nitrogen and oxygen atoms in total. The topological polar surface area (TPSA) is 325 Å². The summed E-state index contributed by atoms with van der Waals surface area (Å²) < 4.78 is 59.5. The Morgan fingerprint density at radius 3 is 2.32 bits per heavy atom. The molecule has 11 N–H and O–H groups in total. The van der Waals surface area contributed by atoms with Gasteiger partial charge in [-0.3, -0.25) is 19.2 Å². The number of fused-ring (bicyclic) bond motifs is 5. The number of benzene rings is 2. The third kappa shape index (κ3) is 13.0. The van der Waals surface area contributed by atoms with Gasteiger partial charge < -0.3 is 62.3 Å². The Morgan fingerprint density at radius 1 is 0.987 bits per heavy atom. The molecular weight excluding hydrogens is 1010 g/mol. The lowest BCUT2D eigenvalue weighted by atomic mass is 9.81. The van der Waals surface area contributed by atoms with Crippen molar-refractivity contribution in [2.24, 2.45) is 17.4 Å². The Bertz CT molecular complexity index is 2970. The summed E-state index contributed by atoms with van der Waals surface area (Å²) in [5.41, 5.74) is 13.1. The predicted octanol–water partition coefficient (Wildman–Crippen LogP) is 4.61. The smallest absolute Gasteiger partial charge is 0.475 e. The number of hydrogen-bond donors (Lipinski definition) is 9. The number of aliphatic hydroxyl groups is 1. The molecule has 3 aliphatic rings. The van der Waals surface area contributed by atoms with Crippen molar-refractivity contribution in [1.82, 2.24) is 30.8 Å². The summed E-state index contributed by atoms with van der Waals surface area (Å²) in [5.74, 6) is -5.70. The van der Waals surface area contributed by atoms with Crippen molar-refractivity contribution in [3.8, 4) is 11.4 Å². The highest BCUT2D eigenvalue weighted by Crippen LogP contribution is 2.46. The lowest BCUT2D eigenvalue weighted by Gasteiger charge is -2.31. The zero-order valence-electron chi connectivity index (χ0n) is 42.2. The molecule has 6 amide bonds. The fourth-order valence-corrected chi connectivity index (χ4v) is 9.38. The van der Waals surface area contributed by atoms with Crippen molar-refractivity contribution in [2.75, 3.05) is 18.4 Å². The molecule has 0 spiro atoms. The van der Waals surface area contributed by atoms with Crippen LogP contribution in [0.25, 0.3) is 22.3 Å². The van der Waals surface area contributed by atoms with Crippen LogP contribution in [0.1, 0.15) is 117 Å². The number of carbonyl (C=O) groups excluding carboxylic acids is 6. The van der Waals surface area contributed by atoms with Gasteiger partial charge in [0.05, 0.1) is 35.1 Å². The maximum Gasteiger partial charge on any atom is 0.490 e. The van der Waals surface area contributed by atoms with Crippen molar-refractivity contribution in [1.29, 1.82) is 0 Å². The van der Waals surface area contributed by atoms with E-state index in [2.05, 4.69) is 26.6 Å². The first-order chi connectivity index (χ1) is 35.9. The third-order valence-electron chi connectivity index (χ3n) is 13.5. The largest absolute Gasteiger partial charge is 0.490 e. The molecule has 0 fully saturated rings. The Morgan fingerprint density at radius 2 is 1.68 bits per heavy atom. The SMILES string of the molecule is CC[C@@]1(O)C(=O)OCc2c1cc1n(c2=O)Cc2c-1nc1cc(F)c(C)c3c1c2[C@@H](NC(=O)OCc1ccc(NC(=O)[C@H](CCCNC(N)=O)NC(=O)[C@@H](NC(=O)CCCCCN)C(C)C)cc1)CC3.O=C(O)C(F)(F)F. The minimum atomic E-state index is -5.08. The van der Waals surface area contributed by atoms with Crippen LogP contribution in [0.5, 0.6) is 0 Å². The molecule has 7 rings (SSSR count). The first-order valence-corrected chi connectivity index (χ1v) is 24.7. The van der Waals surface area contributed by atoms with Crippen molar-refractivity contribution in [3.63, 3.8) is 0 Å². The average molecular weight is 1070 g/mol. The summed E-state index contributed by atoms with van der Waals surface area (Å²) in [6, 6.07) is 6.17. The Balaban J connectivity index is 0.00000125. The number of unbranched alkanes of at least 4 members (excludes halogenated alkanes) is 2. The Hall–Kier alpha value is -7.67. The van der Waals surface area contributed by atoms with Crippen LogP contribution in [-0.4, -0.2) is 92.9 Å². The summed E-state index contributed by atoms with van der Waals surface area (Å²) >= 11 is 0. The first-order valence-electron chi connectivity index (χ1n) is 24.7. The van der Waals surface area contributed by atoms with Gasteiger partial charge in [0.25, 0.3) is 5.56 Å². The molecule has 2 aliphatic heterocycles. The van der Waals surface area contributed by atoms with Crippen molar-refractivity contribution < 1.29 is 70.8 Å². The van der Waals surface area contributed by atoms with E-state index in [9.17, 15) is 51.8 Å². The van der Waals surface area contributed by atoms with Gasteiger partial charge in [0.1, 0.15) is 31.1 Å². The molecule has 0 radical (unpaired) electrons. The highest BCUT2D eigenvalue weighted by Gasteiger charge is 2.46. The summed E-state index contributed by atoms with van der Waals surface area (Å²) in [4.78, 5) is 105. The number of anilines is 1. The number of aryl methyl sites for hydroxylation is 1. The van der Waals surface area contributed by atoms with Crippen LogP contribution in [0.15, 0.2) is 41.2 Å². The van der Waals surface area contributed by atoms with E-state index in [-0.39, 0.29) is 68.5 Å². The van der Waals surface area contributed by atoms with E-state index in [0.29, 0.717) is 82.5 Å². The first kappa shape index (κ1) is 57.6. The normalized spacial score (nSPS) is 16.9. The Kier molecular flexibility index (Phi) is 18.4. The van der Waals surface area contributed by atoms with Gasteiger partial charge in [-0.2, -0.15) is 13.2 Å². The standard InChI is InChI=1S/C49H60FN9O10.C2HF3O2/c1-5-49(67)32-20-37-42-30(22-59(37)45(63)31(32)24-68-46(49)64)40-34(17-16-29-26(4)33(50)21-36(55-42)39(29)40)57-48(66)69-23-27-12-14-28(15-13-27)54-43(61)35(10-9-19-53-47(52)65)56-44(62)41(25(2)3)58-38(60)11-7-6-8-18-51;3-2(4,5)1(6)7/h12-15,20-21,25,34-35,41,67H,5-11,16-19,22-24,51H2,1-4H3,(H,54,61)(H,56,62)(H,57,66)(H,58,60)(H3,52,53,65);(H,6,7)/t34-,35-,41-,49-;/m0./s1. The van der Waals surface area contributed by atoms with Crippen molar-refractivity contribution in [2.45, 2.75) is 135 Å². The van der Waals surface area contributed by atoms with Gasteiger partial charge in [-0.05, 0) is 105 Å². The van der Waals surface area contributed by atoms with E-state index in [1.165, 1.54) is 10.6 Å². The molecular formula is C51H61F4N9O12. The predicted molar refractivity (Wildman–Crippen MR) is 265 cm³/mol. The highest BCUT2D eigenvalue weighted by atomic mass is 19.4. The third-order valence-corrected chi connectivity index (χ3v) is 13.5. The lowest BCUT2D eigenvalue weighted by molar-refractivity contribution is -0.192. The number of carboxylic acid groups (broad SMARTS) is 1. The zero-order chi connectivity index (χ0) is 55.8. The highest BCUT2D eigenvalue weighted by molar-refractivity contribution is 5.99. The quantitative estimate of drug-likeness (QED) is 0.0310. The molecule has 410 valence electrons. The van der Waals surface area contributed by atoms with Crippen LogP contribution in [0.3, 0.4) is 0 Å². The number of urea groups is 1. The number of rotatable bonds is 19. The number of carbonyl (C=O) groups is 7. The molecule has 4 aromatic rings. The number of carboxylic acids is 1. The van der Waals surface area contributed by atoms with Crippen LogP contribution in [-0.2, 0) is 65.2 Å². The average Bonchev–Trinajstić information content (AvgIpc) is 3.80. The van der Waals surface area contributed by atoms with E-state index < -0.39 is 77.2 Å². The number of nitrogens with two attached hydrogens (primary N) is 2. The Labute approximate surface area is 432 Å². The molecule has 1 aliphatic carbocycles. The second-order valence-corrected chi connectivity index (χ2v) is 19.0. The molecule has 0 saturated carbocycles. The molecule has 0 saturated heterocycles. The fraction of sp³-hybridized carbons (Fsp3) is 0.471. The number of aliphatic carboxylic acids is 1. The van der Waals surface area contributed by atoms with E-state index in [1.807, 2.05) is 0 Å². The van der Waals surface area contributed by atoms with Crippen molar-refractivity contribution in [3.05, 3.63) is 91.5 Å². The molecule has 4 heterocycles. The maximum atomic E-state index is 15.4. The number of nitrogens with zero attached hydrogens (tertiary/aromatic N) is 2. The van der Waals surface area contributed by atoms with Gasteiger partial charge in [-0.25, -0.2) is 28.6 Å². The van der Waals surface area contributed by atoms with Crippen molar-refractivity contribution >= 4 is 58.4 Å². The number of alkyl halides is 3. The maximum absolute atomic E-state index is 15.4. The van der Waals surface area contributed by atoms with Gasteiger partial charge in [0, 0.05) is 41.2 Å². The molecule has 0 unspecified atom stereocenters. The number of nitrogens with one attached hydrogen (secondary N) is 5. The number of halogens is 4. The molecule has 2 aromatic heterocycles. The second kappa shape index (κ2) is 24.3. The number of pyridine rings is 2. The minimum absolute atomic E-state index is 0.0326. The summed E-state index contributed by atoms with van der Waals surface area (Å²) in [7, 11) is 0. The monoisotopic (exact) mass is 1070 g/mol. The zero-order valence-corrected chi connectivity index (χ0v) is 42.2. The number of esters is 1. The summed E-state index contributed by atoms with van der Waals surface area (Å²) in [6.07, 6.45) is -2.16. The number of cyclic esters (lactones) is 1. The van der Waals surface area contributed by atoms with E-state index in [1.54, 1.807) is 58.0 Å². The number of primary amides is 1. The molecule has 25 heteroatoms. The van der Waals surface area contributed by atoms with Crippen LogP contribution in [0.2, 0.25) is 0 Å². The molecule has 2 aromatic carbocycles. The number of ether oxygens (including phenoxy) is 2. The number of amides is 6. The van der Waals surface area contributed by atoms with Gasteiger partial charge in [0.2, 0.25) is 17.7 Å². The lowest BCUT2D eigenvalue weighted by Crippen LogP contribution is -2.54. The molecule has 76 heavy (non-hydrogen) atoms. The fourth-order valence-electron chi connectivity index (χ4n) is 9.38. The van der Waals surface area contributed by atoms with E-state index in [0.717, 1.165) is 18.4 Å². The second-order valence-electron chi connectivity index (χ2n) is 19.0. The van der Waals surface area contributed by atoms with E-state index >= 15 is 4.39 Å². The van der Waals surface area contributed by atoms with Gasteiger partial charge in [-0.15, -0.1) is 0 Å². The number of alkyl carbamates (subject to hydrolysis) is 1. The number of aromatic nitrogens is 2. The van der Waals surface area contributed by atoms with Crippen LogP contribution in [0.4, 0.5) is 32.8 Å². The summed E-state index contributed by atoms with van der Waals surface area (Å²) in [5, 5.41) is 33.0. The van der Waals surface area contributed by atoms with Gasteiger partial charge >= 0.3 is 30.2 Å². The minimum Gasteiger partial charge on any atom is -0.475 e. The van der Waals surface area contributed by atoms with Gasteiger partial charge in [-0.1, -0.05) is 39.3 Å². The van der Waals surface area contributed by atoms with Crippen LogP contribution >= 0.6 is 0 Å². The van der Waals surface area contributed by atoms with Crippen LogP contribution < -0.4 is 43.6 Å².